The zero-order chi connectivity index (χ0) is 10.2. The fraction of sp³-hybridized carbons (Fsp3) is 1.00. The van der Waals surface area contributed by atoms with Crippen molar-refractivity contribution >= 4 is 12.4 Å². The molecule has 1 saturated carbocycles. The van der Waals surface area contributed by atoms with E-state index in [4.69, 9.17) is 0 Å². The van der Waals surface area contributed by atoms with Gasteiger partial charge >= 0.3 is 0 Å². The Morgan fingerprint density at radius 2 is 1.87 bits per heavy atom. The number of nitrogens with one attached hydrogen (secondary N) is 1. The molecule has 0 spiro atoms. The summed E-state index contributed by atoms with van der Waals surface area (Å²) in [5.74, 6) is 0. The van der Waals surface area contributed by atoms with E-state index in [1.54, 1.807) is 0 Å². The van der Waals surface area contributed by atoms with E-state index in [2.05, 4.69) is 31.1 Å². The highest BCUT2D eigenvalue weighted by Crippen LogP contribution is 2.42. The Morgan fingerprint density at radius 1 is 1.20 bits per heavy atom. The molecule has 0 bridgehead atoms. The molecule has 0 aromatic rings. The van der Waals surface area contributed by atoms with Crippen LogP contribution in [0, 0.1) is 5.41 Å². The molecule has 1 N–H and O–H groups in total. The van der Waals surface area contributed by atoms with Crippen LogP contribution in [0.2, 0.25) is 0 Å². The van der Waals surface area contributed by atoms with Gasteiger partial charge in [0.25, 0.3) is 0 Å². The lowest BCUT2D eigenvalue weighted by Crippen LogP contribution is -2.51. The average Bonchev–Trinajstić information content (AvgIpc) is 2.51. The van der Waals surface area contributed by atoms with Gasteiger partial charge in [-0.15, -0.1) is 12.4 Å². The molecular formula is C12H25ClN2. The maximum absolute atomic E-state index is 3.47. The second kappa shape index (κ2) is 4.60. The highest BCUT2D eigenvalue weighted by molar-refractivity contribution is 5.85. The Balaban J connectivity index is 0.00000112. The number of halogens is 1. The van der Waals surface area contributed by atoms with Crippen molar-refractivity contribution in [3.8, 4) is 0 Å². The second-order valence-corrected chi connectivity index (χ2v) is 5.94. The predicted octanol–water partition coefficient (Wildman–Crippen LogP) is 2.28. The summed E-state index contributed by atoms with van der Waals surface area (Å²) in [6, 6.07) is 0. The summed E-state index contributed by atoms with van der Waals surface area (Å²) >= 11 is 0. The van der Waals surface area contributed by atoms with Gasteiger partial charge in [0.05, 0.1) is 0 Å². The van der Waals surface area contributed by atoms with Crippen LogP contribution in [0.25, 0.3) is 0 Å². The summed E-state index contributed by atoms with van der Waals surface area (Å²) in [7, 11) is 2.30. The van der Waals surface area contributed by atoms with E-state index in [1.807, 2.05) is 0 Å². The minimum atomic E-state index is 0. The number of likely N-dealkylation sites (N-methyl/N-ethyl adjacent to an activating group) is 1. The van der Waals surface area contributed by atoms with Crippen LogP contribution in [-0.4, -0.2) is 37.1 Å². The molecule has 1 atom stereocenters. The third kappa shape index (κ3) is 2.66. The largest absolute Gasteiger partial charge is 0.315 e. The van der Waals surface area contributed by atoms with E-state index in [-0.39, 0.29) is 12.4 Å². The van der Waals surface area contributed by atoms with Gasteiger partial charge < -0.3 is 5.32 Å². The van der Waals surface area contributed by atoms with Crippen LogP contribution in [0.15, 0.2) is 0 Å². The molecule has 2 fully saturated rings. The number of hydrogen-bond acceptors (Lipinski definition) is 2. The van der Waals surface area contributed by atoms with Gasteiger partial charge in [0.15, 0.2) is 0 Å². The molecule has 1 aliphatic carbocycles. The Labute approximate surface area is 100 Å². The van der Waals surface area contributed by atoms with Crippen LogP contribution in [0.3, 0.4) is 0 Å². The fourth-order valence-corrected chi connectivity index (χ4v) is 2.83. The lowest BCUT2D eigenvalue weighted by Gasteiger charge is -2.46. The minimum absolute atomic E-state index is 0. The first-order valence-corrected chi connectivity index (χ1v) is 5.96. The highest BCUT2D eigenvalue weighted by Gasteiger charge is 2.39. The van der Waals surface area contributed by atoms with Gasteiger partial charge in [-0.1, -0.05) is 13.3 Å². The molecule has 90 valence electrons. The average molecular weight is 233 g/mol. The summed E-state index contributed by atoms with van der Waals surface area (Å²) in [4.78, 5) is 2.59. The molecule has 2 rings (SSSR count). The molecular weight excluding hydrogens is 208 g/mol. The lowest BCUT2D eigenvalue weighted by molar-refractivity contribution is 0.0459. The van der Waals surface area contributed by atoms with Crippen molar-refractivity contribution in [3.05, 3.63) is 0 Å². The van der Waals surface area contributed by atoms with Gasteiger partial charge in [0, 0.05) is 18.6 Å². The molecule has 2 nitrogen and oxygen atoms in total. The number of hydrogen-bond donors (Lipinski definition) is 1. The second-order valence-electron chi connectivity index (χ2n) is 5.94. The van der Waals surface area contributed by atoms with E-state index in [0.717, 1.165) is 0 Å². The molecule has 0 radical (unpaired) electrons. The Morgan fingerprint density at radius 3 is 2.27 bits per heavy atom. The SMILES string of the molecule is CN(CC1(C)CCC1)C1(C)CCNC1.Cl. The summed E-state index contributed by atoms with van der Waals surface area (Å²) in [6.07, 6.45) is 5.61. The third-order valence-corrected chi connectivity index (χ3v) is 4.45. The number of rotatable bonds is 3. The maximum atomic E-state index is 3.47. The van der Waals surface area contributed by atoms with Crippen molar-refractivity contribution < 1.29 is 0 Å². The minimum Gasteiger partial charge on any atom is -0.315 e. The van der Waals surface area contributed by atoms with Crippen LogP contribution in [0.4, 0.5) is 0 Å². The Kier molecular flexibility index (Phi) is 4.07. The molecule has 1 unspecified atom stereocenters. The molecule has 0 amide bonds. The molecule has 0 aromatic heterocycles. The summed E-state index contributed by atoms with van der Waals surface area (Å²) in [5.41, 5.74) is 1.04. The van der Waals surface area contributed by atoms with E-state index in [9.17, 15) is 0 Å². The normalized spacial score (nSPS) is 33.6. The highest BCUT2D eigenvalue weighted by atomic mass is 35.5. The molecule has 1 heterocycles. The monoisotopic (exact) mass is 232 g/mol. The summed E-state index contributed by atoms with van der Waals surface area (Å²) < 4.78 is 0. The first-order chi connectivity index (χ1) is 6.54. The van der Waals surface area contributed by atoms with E-state index in [0.29, 0.717) is 11.0 Å². The summed E-state index contributed by atoms with van der Waals surface area (Å²) in [6.45, 7) is 8.48. The first-order valence-electron chi connectivity index (χ1n) is 5.96. The van der Waals surface area contributed by atoms with Gasteiger partial charge in [-0.3, -0.25) is 4.90 Å². The van der Waals surface area contributed by atoms with Gasteiger partial charge in [-0.2, -0.15) is 0 Å². The molecule has 3 heteroatoms. The topological polar surface area (TPSA) is 15.3 Å². The quantitative estimate of drug-likeness (QED) is 0.804. The van der Waals surface area contributed by atoms with Crippen LogP contribution >= 0.6 is 12.4 Å². The zero-order valence-corrected chi connectivity index (χ0v) is 11.1. The molecule has 1 saturated heterocycles. The zero-order valence-electron chi connectivity index (χ0n) is 10.3. The molecule has 0 aromatic carbocycles. The van der Waals surface area contributed by atoms with Crippen LogP contribution in [0.5, 0.6) is 0 Å². The van der Waals surface area contributed by atoms with E-state index >= 15 is 0 Å². The lowest BCUT2D eigenvalue weighted by atomic mass is 9.70. The Hall–Kier alpha value is 0.210. The van der Waals surface area contributed by atoms with Crippen molar-refractivity contribution in [2.24, 2.45) is 5.41 Å². The number of nitrogens with zero attached hydrogens (tertiary/aromatic N) is 1. The van der Waals surface area contributed by atoms with Crippen LogP contribution in [-0.2, 0) is 0 Å². The van der Waals surface area contributed by atoms with Crippen molar-refractivity contribution in [3.63, 3.8) is 0 Å². The van der Waals surface area contributed by atoms with Crippen LogP contribution < -0.4 is 5.32 Å². The van der Waals surface area contributed by atoms with Crippen LogP contribution in [0.1, 0.15) is 39.5 Å². The van der Waals surface area contributed by atoms with Gasteiger partial charge in [0.1, 0.15) is 0 Å². The van der Waals surface area contributed by atoms with Gasteiger partial charge in [0.2, 0.25) is 0 Å². The van der Waals surface area contributed by atoms with Crippen molar-refractivity contribution in [2.75, 3.05) is 26.7 Å². The predicted molar refractivity (Wildman–Crippen MR) is 67.7 cm³/mol. The van der Waals surface area contributed by atoms with Crippen molar-refractivity contribution in [2.45, 2.75) is 45.1 Å². The van der Waals surface area contributed by atoms with Crippen molar-refractivity contribution in [1.29, 1.82) is 0 Å². The molecule has 15 heavy (non-hydrogen) atoms. The van der Waals surface area contributed by atoms with E-state index < -0.39 is 0 Å². The molecule has 1 aliphatic heterocycles. The van der Waals surface area contributed by atoms with Gasteiger partial charge in [-0.25, -0.2) is 0 Å². The van der Waals surface area contributed by atoms with Crippen molar-refractivity contribution in [1.82, 2.24) is 10.2 Å². The third-order valence-electron chi connectivity index (χ3n) is 4.45. The molecule has 2 aliphatic rings. The fourth-order valence-electron chi connectivity index (χ4n) is 2.83. The van der Waals surface area contributed by atoms with Gasteiger partial charge in [-0.05, 0) is 45.2 Å². The van der Waals surface area contributed by atoms with E-state index in [1.165, 1.54) is 45.3 Å². The maximum Gasteiger partial charge on any atom is 0.0315 e. The standard InChI is InChI=1S/C12H24N2.ClH/c1-11(5-4-6-11)10-14(3)12(2)7-8-13-9-12;/h13H,4-10H2,1-3H3;1H. The first kappa shape index (κ1) is 13.3. The smallest absolute Gasteiger partial charge is 0.0315 e. The summed E-state index contributed by atoms with van der Waals surface area (Å²) in [5, 5.41) is 3.47. The Bertz CT molecular complexity index is 208.